The fraction of sp³-hybridized carbons (Fsp3) is 0.606. The van der Waals surface area contributed by atoms with E-state index in [1.165, 1.54) is 24.1 Å². The minimum atomic E-state index is -0.873. The van der Waals surface area contributed by atoms with E-state index < -0.39 is 11.4 Å². The summed E-state index contributed by atoms with van der Waals surface area (Å²) in [5.41, 5.74) is 2.68. The molecule has 2 unspecified atom stereocenters. The Morgan fingerprint density at radius 1 is 1.14 bits per heavy atom. The van der Waals surface area contributed by atoms with Gasteiger partial charge in [-0.1, -0.05) is 65.6 Å². The maximum Gasteiger partial charge on any atom is 0.308 e. The maximum atomic E-state index is 13.7. The zero-order valence-corrected chi connectivity index (χ0v) is 28.7. The summed E-state index contributed by atoms with van der Waals surface area (Å²) in [5, 5.41) is 0. The van der Waals surface area contributed by atoms with Crippen molar-refractivity contribution >= 4 is 29.9 Å². The highest BCUT2D eigenvalue weighted by Crippen LogP contribution is 2.34. The zero-order valence-electron chi connectivity index (χ0n) is 27.9. The van der Waals surface area contributed by atoms with Crippen LogP contribution in [0.2, 0.25) is 0 Å². The van der Waals surface area contributed by atoms with Crippen molar-refractivity contribution in [2.24, 2.45) is 0 Å². The largest absolute Gasteiger partial charge is 0.460 e. The van der Waals surface area contributed by atoms with E-state index in [-0.39, 0.29) is 36.3 Å². The molecule has 236 valence electrons. The van der Waals surface area contributed by atoms with Gasteiger partial charge in [-0.05, 0) is 64.8 Å². The van der Waals surface area contributed by atoms with Crippen LogP contribution in [0.15, 0.2) is 30.3 Å². The molecule has 42 heavy (non-hydrogen) atoms. The van der Waals surface area contributed by atoms with Crippen LogP contribution < -0.4 is 4.31 Å². The number of hydrogen-bond donors (Lipinski definition) is 0. The van der Waals surface area contributed by atoms with Crippen LogP contribution in [0, 0.1) is 5.82 Å². The lowest BCUT2D eigenvalue weighted by Gasteiger charge is -2.39. The Labute approximate surface area is 257 Å². The van der Waals surface area contributed by atoms with Crippen LogP contribution in [-0.4, -0.2) is 52.8 Å². The normalized spacial score (nSPS) is 18.1. The smallest absolute Gasteiger partial charge is 0.308 e. The molecule has 3 rings (SSSR count). The molecule has 0 N–H and O–H groups in total. The number of carbonyl (C=O) groups excluding carboxylic acids is 1. The van der Waals surface area contributed by atoms with E-state index >= 15 is 0 Å². The summed E-state index contributed by atoms with van der Waals surface area (Å²) in [7, 11) is 1.91. The lowest BCUT2D eigenvalue weighted by molar-refractivity contribution is -0.290. The molecule has 0 aliphatic carbocycles. The Bertz CT molecular complexity index is 1150. The van der Waals surface area contributed by atoms with Crippen molar-refractivity contribution in [3.05, 3.63) is 47.4 Å². The predicted molar refractivity (Wildman–Crippen MR) is 174 cm³/mol. The van der Waals surface area contributed by atoms with Crippen LogP contribution in [0.25, 0.3) is 17.3 Å². The lowest BCUT2D eigenvalue weighted by Crippen LogP contribution is -2.45. The molecular formula is C33H52FN3O4S. The lowest BCUT2D eigenvalue weighted by atomic mass is 9.97. The van der Waals surface area contributed by atoms with Crippen LogP contribution in [-0.2, 0) is 19.0 Å². The quantitative estimate of drug-likeness (QED) is 0.218. The van der Waals surface area contributed by atoms with Gasteiger partial charge in [0.1, 0.15) is 11.4 Å². The number of esters is 1. The summed E-state index contributed by atoms with van der Waals surface area (Å²) < 4.78 is 33.4. The fourth-order valence-corrected chi connectivity index (χ4v) is 4.54. The van der Waals surface area contributed by atoms with Crippen LogP contribution in [0.1, 0.15) is 106 Å². The molecule has 0 spiro atoms. The van der Waals surface area contributed by atoms with Crippen LogP contribution in [0.3, 0.4) is 0 Å². The summed E-state index contributed by atoms with van der Waals surface area (Å²) in [6.45, 7) is 21.4. The molecule has 1 saturated heterocycles. The van der Waals surface area contributed by atoms with Crippen LogP contribution in [0.4, 0.5) is 10.3 Å². The molecule has 1 aliphatic rings. The minimum absolute atomic E-state index is 0.109. The number of rotatable bonds is 8. The van der Waals surface area contributed by atoms with Crippen molar-refractivity contribution in [1.29, 1.82) is 0 Å². The van der Waals surface area contributed by atoms with Crippen molar-refractivity contribution in [1.82, 2.24) is 9.97 Å². The van der Waals surface area contributed by atoms with E-state index in [0.717, 1.165) is 16.8 Å². The summed E-state index contributed by atoms with van der Waals surface area (Å²) in [6, 6.07) is 6.33. The average molecular weight is 606 g/mol. The van der Waals surface area contributed by atoms with E-state index in [1.54, 1.807) is 12.1 Å². The molecule has 2 aromatic rings. The Balaban J connectivity index is 0.00000211. The molecule has 2 atom stereocenters. The van der Waals surface area contributed by atoms with Crippen molar-refractivity contribution in [2.45, 2.75) is 119 Å². The molecule has 9 heteroatoms. The Hall–Kier alpha value is -2.49. The molecule has 1 fully saturated rings. The monoisotopic (exact) mass is 605 g/mol. The molecule has 0 bridgehead atoms. The second-order valence-corrected chi connectivity index (χ2v) is 12.1. The van der Waals surface area contributed by atoms with Crippen molar-refractivity contribution < 1.29 is 23.4 Å². The van der Waals surface area contributed by atoms with E-state index in [9.17, 15) is 9.18 Å². The van der Waals surface area contributed by atoms with E-state index in [2.05, 4.69) is 13.8 Å². The molecule has 7 nitrogen and oxygen atoms in total. The maximum absolute atomic E-state index is 13.7. The summed E-state index contributed by atoms with van der Waals surface area (Å²) >= 11 is 1.51. The third kappa shape index (κ3) is 11.7. The molecule has 1 aromatic heterocycles. The van der Waals surface area contributed by atoms with Gasteiger partial charge in [-0.3, -0.25) is 9.10 Å². The van der Waals surface area contributed by atoms with Gasteiger partial charge in [-0.2, -0.15) is 0 Å². The van der Waals surface area contributed by atoms with Gasteiger partial charge < -0.3 is 14.2 Å². The van der Waals surface area contributed by atoms with E-state index in [0.29, 0.717) is 18.1 Å². The molecule has 0 radical (unpaired) electrons. The molecule has 1 aliphatic heterocycles. The number of nitrogens with zero attached hydrogens (tertiary/aromatic N) is 3. The Morgan fingerprint density at radius 2 is 1.74 bits per heavy atom. The zero-order chi connectivity index (χ0) is 32.3. The molecule has 0 saturated carbocycles. The number of anilines is 1. The van der Waals surface area contributed by atoms with Crippen LogP contribution >= 0.6 is 11.9 Å². The standard InChI is InChI=1S/C29H40FN3O4S.2C2H6/c1-18(2)25-23(26(19-10-12-20(30)13-11-19)32-27(31-25)33(8)38-9)15-14-21-16-22(36-29(6,7)35-21)17-24(34)37-28(3,4)5;2*1-2/h10-15,18,21-22H,16-17H2,1-9H3;2*1-2H3/b15-14+;;. The minimum Gasteiger partial charge on any atom is -0.460 e. The van der Waals surface area contributed by atoms with Gasteiger partial charge in [0.25, 0.3) is 0 Å². The third-order valence-corrected chi connectivity index (χ3v) is 6.57. The topological polar surface area (TPSA) is 73.8 Å². The number of carbonyl (C=O) groups is 1. The first kappa shape index (κ1) is 37.5. The summed E-state index contributed by atoms with van der Waals surface area (Å²) in [5.74, 6) is -0.789. The highest BCUT2D eigenvalue weighted by molar-refractivity contribution is 7.99. The van der Waals surface area contributed by atoms with Crippen molar-refractivity contribution in [3.63, 3.8) is 0 Å². The van der Waals surface area contributed by atoms with Crippen molar-refractivity contribution in [3.8, 4) is 11.3 Å². The molecule has 2 heterocycles. The number of ether oxygens (including phenoxy) is 3. The van der Waals surface area contributed by atoms with Crippen LogP contribution in [0.5, 0.6) is 0 Å². The Morgan fingerprint density at radius 3 is 2.26 bits per heavy atom. The number of halogens is 1. The van der Waals surface area contributed by atoms with Gasteiger partial charge in [0, 0.05) is 30.9 Å². The number of benzene rings is 1. The number of hydrogen-bond acceptors (Lipinski definition) is 8. The van der Waals surface area contributed by atoms with Gasteiger partial charge in [-0.25, -0.2) is 14.4 Å². The molecule has 0 amide bonds. The fourth-order valence-electron chi connectivity index (χ4n) is 4.29. The van der Waals surface area contributed by atoms with Crippen molar-refractivity contribution in [2.75, 3.05) is 17.6 Å². The van der Waals surface area contributed by atoms with Gasteiger partial charge in [-0.15, -0.1) is 0 Å². The second kappa shape index (κ2) is 17.0. The predicted octanol–water partition coefficient (Wildman–Crippen LogP) is 8.83. The first-order valence-corrected chi connectivity index (χ1v) is 16.1. The number of aromatic nitrogens is 2. The Kier molecular flexibility index (Phi) is 15.2. The highest BCUT2D eigenvalue weighted by Gasteiger charge is 2.36. The first-order chi connectivity index (χ1) is 19.7. The third-order valence-electron chi connectivity index (χ3n) is 5.86. The second-order valence-electron chi connectivity index (χ2n) is 11.2. The van der Waals surface area contributed by atoms with Gasteiger partial charge in [0.2, 0.25) is 5.95 Å². The van der Waals surface area contributed by atoms with E-state index in [4.69, 9.17) is 24.2 Å². The first-order valence-electron chi connectivity index (χ1n) is 14.9. The average Bonchev–Trinajstić information content (AvgIpc) is 2.91. The SMILES string of the molecule is CC.CC.CSN(C)c1nc(-c2ccc(F)cc2)c(/C=C/C2CC(CC(=O)OC(C)(C)C)OC(C)(C)O2)c(C(C)C)n1. The summed E-state index contributed by atoms with van der Waals surface area (Å²) in [6.07, 6.45) is 5.90. The van der Waals surface area contributed by atoms with Gasteiger partial charge in [0.05, 0.1) is 30.0 Å². The highest BCUT2D eigenvalue weighted by atomic mass is 32.2. The molecule has 1 aromatic carbocycles. The van der Waals surface area contributed by atoms with E-state index in [1.807, 2.05) is 92.1 Å². The summed E-state index contributed by atoms with van der Waals surface area (Å²) in [4.78, 5) is 22.2. The van der Waals surface area contributed by atoms with Gasteiger partial charge >= 0.3 is 5.97 Å². The van der Waals surface area contributed by atoms with Gasteiger partial charge in [0.15, 0.2) is 5.79 Å². The molecular weight excluding hydrogens is 553 g/mol.